The van der Waals surface area contributed by atoms with Gasteiger partial charge in [0.05, 0.1) is 12.7 Å². The molecule has 2 amide bonds. The van der Waals surface area contributed by atoms with E-state index >= 15 is 0 Å². The van der Waals surface area contributed by atoms with E-state index in [9.17, 15) is 4.79 Å². The van der Waals surface area contributed by atoms with E-state index in [1.165, 1.54) is 19.3 Å². The van der Waals surface area contributed by atoms with Gasteiger partial charge in [0.1, 0.15) is 5.82 Å². The van der Waals surface area contributed by atoms with Crippen molar-refractivity contribution in [2.45, 2.75) is 31.4 Å². The molecule has 0 aliphatic carbocycles. The van der Waals surface area contributed by atoms with Crippen LogP contribution in [0.15, 0.2) is 24.4 Å². The lowest BCUT2D eigenvalue weighted by Crippen LogP contribution is -2.54. The summed E-state index contributed by atoms with van der Waals surface area (Å²) in [7, 11) is 0. The number of nitrogens with zero attached hydrogens (tertiary/aromatic N) is 2. The third-order valence-electron chi connectivity index (χ3n) is 4.11. The molecule has 2 saturated heterocycles. The Labute approximate surface area is 124 Å². The van der Waals surface area contributed by atoms with Gasteiger partial charge in [0.15, 0.2) is 0 Å². The fourth-order valence-electron chi connectivity index (χ4n) is 2.98. The summed E-state index contributed by atoms with van der Waals surface area (Å²) in [6, 6.07) is 5.75. The van der Waals surface area contributed by atoms with Gasteiger partial charge in [0.25, 0.3) is 0 Å². The number of hydrogen-bond donors (Lipinski definition) is 2. The van der Waals surface area contributed by atoms with E-state index in [4.69, 9.17) is 4.74 Å². The number of nitrogens with one attached hydrogen (secondary N) is 2. The molecule has 0 aromatic carbocycles. The molecule has 21 heavy (non-hydrogen) atoms. The largest absolute Gasteiger partial charge is 0.373 e. The molecule has 0 spiro atoms. The van der Waals surface area contributed by atoms with Gasteiger partial charge in [-0.2, -0.15) is 0 Å². The fourth-order valence-corrected chi connectivity index (χ4v) is 2.98. The number of rotatable bonds is 3. The van der Waals surface area contributed by atoms with Crippen molar-refractivity contribution >= 4 is 11.8 Å². The van der Waals surface area contributed by atoms with Gasteiger partial charge < -0.3 is 10.1 Å². The molecule has 3 rings (SSSR count). The second-order valence-corrected chi connectivity index (χ2v) is 5.65. The Morgan fingerprint density at radius 3 is 3.24 bits per heavy atom. The Balaban J connectivity index is 1.42. The number of piperidine rings is 1. The SMILES string of the molecule is O=C(NCC1CN2CCCCC2CO1)Nc1ccccn1. The van der Waals surface area contributed by atoms with Crippen molar-refractivity contribution in [2.75, 3.05) is 31.6 Å². The van der Waals surface area contributed by atoms with Crippen LogP contribution in [0.2, 0.25) is 0 Å². The van der Waals surface area contributed by atoms with E-state index in [0.29, 0.717) is 18.4 Å². The number of aromatic nitrogens is 1. The number of pyridine rings is 1. The first kappa shape index (κ1) is 14.3. The number of urea groups is 1. The zero-order chi connectivity index (χ0) is 14.5. The van der Waals surface area contributed by atoms with Gasteiger partial charge in [-0.15, -0.1) is 0 Å². The van der Waals surface area contributed by atoms with Crippen molar-refractivity contribution < 1.29 is 9.53 Å². The molecule has 2 N–H and O–H groups in total. The highest BCUT2D eigenvalue weighted by molar-refractivity contribution is 5.88. The van der Waals surface area contributed by atoms with Crippen LogP contribution >= 0.6 is 0 Å². The predicted octanol–water partition coefficient (Wildman–Crippen LogP) is 1.46. The van der Waals surface area contributed by atoms with E-state index in [0.717, 1.165) is 19.7 Å². The van der Waals surface area contributed by atoms with Gasteiger partial charge in [0.2, 0.25) is 0 Å². The molecule has 1 aromatic heterocycles. The topological polar surface area (TPSA) is 66.5 Å². The summed E-state index contributed by atoms with van der Waals surface area (Å²) in [6.45, 7) is 3.38. The number of morpholine rings is 1. The summed E-state index contributed by atoms with van der Waals surface area (Å²) >= 11 is 0. The summed E-state index contributed by atoms with van der Waals surface area (Å²) in [5, 5.41) is 5.56. The van der Waals surface area contributed by atoms with E-state index in [2.05, 4.69) is 20.5 Å². The second-order valence-electron chi connectivity index (χ2n) is 5.65. The Kier molecular flexibility index (Phi) is 4.67. The van der Waals surface area contributed by atoms with Crippen LogP contribution < -0.4 is 10.6 Å². The highest BCUT2D eigenvalue weighted by Gasteiger charge is 2.30. The molecule has 6 nitrogen and oxygen atoms in total. The van der Waals surface area contributed by atoms with E-state index in [1.807, 2.05) is 12.1 Å². The summed E-state index contributed by atoms with van der Waals surface area (Å²) in [5.41, 5.74) is 0. The molecular formula is C15H22N4O2. The quantitative estimate of drug-likeness (QED) is 0.884. The Hall–Kier alpha value is -1.66. The number of carbonyl (C=O) groups excluding carboxylic acids is 1. The van der Waals surface area contributed by atoms with E-state index in [-0.39, 0.29) is 12.1 Å². The maximum absolute atomic E-state index is 11.8. The zero-order valence-electron chi connectivity index (χ0n) is 12.1. The van der Waals surface area contributed by atoms with Crippen molar-refractivity contribution in [1.29, 1.82) is 0 Å². The maximum atomic E-state index is 11.8. The van der Waals surface area contributed by atoms with Crippen LogP contribution in [-0.4, -0.2) is 54.3 Å². The van der Waals surface area contributed by atoms with Crippen molar-refractivity contribution in [3.63, 3.8) is 0 Å². The number of hydrogen-bond acceptors (Lipinski definition) is 4. The lowest BCUT2D eigenvalue weighted by Gasteiger charge is -2.42. The second kappa shape index (κ2) is 6.87. The van der Waals surface area contributed by atoms with Gasteiger partial charge in [0, 0.05) is 25.3 Å². The van der Waals surface area contributed by atoms with Crippen LogP contribution in [0, 0.1) is 0 Å². The van der Waals surface area contributed by atoms with E-state index < -0.39 is 0 Å². The van der Waals surface area contributed by atoms with Crippen molar-refractivity contribution in [2.24, 2.45) is 0 Å². The number of ether oxygens (including phenoxy) is 1. The average Bonchev–Trinajstić information content (AvgIpc) is 2.54. The van der Waals surface area contributed by atoms with Crippen LogP contribution in [-0.2, 0) is 4.74 Å². The van der Waals surface area contributed by atoms with Crippen molar-refractivity contribution in [3.05, 3.63) is 24.4 Å². The van der Waals surface area contributed by atoms with Crippen LogP contribution in [0.1, 0.15) is 19.3 Å². The highest BCUT2D eigenvalue weighted by atomic mass is 16.5. The standard InChI is InChI=1S/C15H22N4O2/c20-15(18-14-6-1-3-7-16-14)17-9-13-10-19-8-4-2-5-12(19)11-21-13/h1,3,6-7,12-13H,2,4-5,8-11H2,(H2,16,17,18,20). The van der Waals surface area contributed by atoms with Gasteiger partial charge in [-0.25, -0.2) is 9.78 Å². The van der Waals surface area contributed by atoms with Crippen molar-refractivity contribution in [1.82, 2.24) is 15.2 Å². The van der Waals surface area contributed by atoms with Crippen LogP contribution in [0.3, 0.4) is 0 Å². The molecule has 0 saturated carbocycles. The molecule has 2 atom stereocenters. The number of fused-ring (bicyclic) bond motifs is 1. The summed E-state index contributed by atoms with van der Waals surface area (Å²) < 4.78 is 5.85. The van der Waals surface area contributed by atoms with Crippen LogP contribution in [0.5, 0.6) is 0 Å². The minimum Gasteiger partial charge on any atom is -0.373 e. The third kappa shape index (κ3) is 3.92. The van der Waals surface area contributed by atoms with E-state index in [1.54, 1.807) is 12.3 Å². The Bertz CT molecular complexity index is 468. The Morgan fingerprint density at radius 2 is 2.38 bits per heavy atom. The normalized spacial score (nSPS) is 25.9. The van der Waals surface area contributed by atoms with Crippen molar-refractivity contribution in [3.8, 4) is 0 Å². The molecule has 2 unspecified atom stereocenters. The van der Waals surface area contributed by atoms with Crippen LogP contribution in [0.4, 0.5) is 10.6 Å². The average molecular weight is 290 g/mol. The highest BCUT2D eigenvalue weighted by Crippen LogP contribution is 2.21. The third-order valence-corrected chi connectivity index (χ3v) is 4.11. The molecule has 0 radical (unpaired) electrons. The minimum atomic E-state index is -0.238. The molecule has 2 aliphatic heterocycles. The van der Waals surface area contributed by atoms with Gasteiger partial charge >= 0.3 is 6.03 Å². The lowest BCUT2D eigenvalue weighted by atomic mass is 10.0. The molecular weight excluding hydrogens is 268 g/mol. The van der Waals surface area contributed by atoms with Gasteiger partial charge in [-0.1, -0.05) is 12.5 Å². The summed E-state index contributed by atoms with van der Waals surface area (Å²) in [5.74, 6) is 0.552. The summed E-state index contributed by atoms with van der Waals surface area (Å²) in [4.78, 5) is 18.4. The smallest absolute Gasteiger partial charge is 0.320 e. The molecule has 2 fully saturated rings. The predicted molar refractivity (Wildman–Crippen MR) is 80.2 cm³/mol. The minimum absolute atomic E-state index is 0.0776. The number of carbonyl (C=O) groups is 1. The first-order valence-electron chi connectivity index (χ1n) is 7.63. The summed E-state index contributed by atoms with van der Waals surface area (Å²) in [6.07, 6.45) is 5.54. The maximum Gasteiger partial charge on any atom is 0.320 e. The zero-order valence-corrected chi connectivity index (χ0v) is 12.1. The number of anilines is 1. The first-order valence-corrected chi connectivity index (χ1v) is 7.63. The van der Waals surface area contributed by atoms with Gasteiger partial charge in [-0.3, -0.25) is 10.2 Å². The monoisotopic (exact) mass is 290 g/mol. The molecule has 2 aliphatic rings. The Morgan fingerprint density at radius 1 is 1.43 bits per heavy atom. The molecule has 6 heteroatoms. The fraction of sp³-hybridized carbons (Fsp3) is 0.600. The number of amides is 2. The molecule has 114 valence electrons. The van der Waals surface area contributed by atoms with Crippen LogP contribution in [0.25, 0.3) is 0 Å². The first-order chi connectivity index (χ1) is 10.3. The van der Waals surface area contributed by atoms with Gasteiger partial charge in [-0.05, 0) is 31.5 Å². The molecule has 1 aromatic rings. The lowest BCUT2D eigenvalue weighted by molar-refractivity contribution is -0.0722. The molecule has 0 bridgehead atoms. The molecule has 3 heterocycles.